The molecule has 1 aliphatic rings. The Hall–Kier alpha value is -0.820. The molecule has 0 spiro atoms. The van der Waals surface area contributed by atoms with E-state index in [-0.39, 0.29) is 0 Å². The van der Waals surface area contributed by atoms with E-state index in [4.69, 9.17) is 0 Å². The average Bonchev–Trinajstić information content (AvgIpc) is 2.29. The number of hydrogen-bond donors (Lipinski definition) is 1. The van der Waals surface area contributed by atoms with Gasteiger partial charge in [-0.3, -0.25) is 0 Å². The number of hydrogen-bond acceptors (Lipinski definition) is 1. The first-order valence-electron chi connectivity index (χ1n) is 5.95. The third-order valence-electron chi connectivity index (χ3n) is 3.32. The molecule has 1 N–H and O–H groups in total. The van der Waals surface area contributed by atoms with Crippen molar-refractivity contribution in [3.63, 3.8) is 0 Å². The lowest BCUT2D eigenvalue weighted by atomic mass is 9.86. The van der Waals surface area contributed by atoms with Gasteiger partial charge in [0.2, 0.25) is 0 Å². The maximum Gasteiger partial charge on any atom is 0.0208 e. The van der Waals surface area contributed by atoms with Gasteiger partial charge in [0.05, 0.1) is 0 Å². The SMILES string of the molecule is CC1C[CH]CCC1NCc1ccccc1. The number of benzene rings is 1. The number of rotatable bonds is 3. The summed E-state index contributed by atoms with van der Waals surface area (Å²) >= 11 is 0. The van der Waals surface area contributed by atoms with Crippen LogP contribution in [0.5, 0.6) is 0 Å². The molecule has 1 aliphatic carbocycles. The predicted molar refractivity (Wildman–Crippen MR) is 64.4 cm³/mol. The van der Waals surface area contributed by atoms with Gasteiger partial charge in [0.25, 0.3) is 0 Å². The van der Waals surface area contributed by atoms with Gasteiger partial charge in [-0.15, -0.1) is 0 Å². The monoisotopic (exact) mass is 202 g/mol. The molecule has 0 amide bonds. The van der Waals surface area contributed by atoms with Crippen LogP contribution in [0, 0.1) is 12.3 Å². The fraction of sp³-hybridized carbons (Fsp3) is 0.500. The van der Waals surface area contributed by atoms with Crippen LogP contribution in [0.15, 0.2) is 30.3 Å². The quantitative estimate of drug-likeness (QED) is 0.794. The molecule has 2 unspecified atom stereocenters. The second-order valence-corrected chi connectivity index (χ2v) is 4.55. The minimum Gasteiger partial charge on any atom is -0.310 e. The van der Waals surface area contributed by atoms with Gasteiger partial charge in [0.15, 0.2) is 0 Å². The minimum atomic E-state index is 0.704. The summed E-state index contributed by atoms with van der Waals surface area (Å²) in [5.74, 6) is 0.794. The first-order valence-corrected chi connectivity index (χ1v) is 5.95. The van der Waals surface area contributed by atoms with Gasteiger partial charge >= 0.3 is 0 Å². The Kier molecular flexibility index (Phi) is 3.79. The molecule has 1 aromatic rings. The predicted octanol–water partition coefficient (Wildman–Crippen LogP) is 3.17. The second-order valence-electron chi connectivity index (χ2n) is 4.55. The van der Waals surface area contributed by atoms with Gasteiger partial charge in [-0.1, -0.05) is 37.3 Å². The topological polar surface area (TPSA) is 12.0 Å². The van der Waals surface area contributed by atoms with E-state index in [9.17, 15) is 0 Å². The van der Waals surface area contributed by atoms with Gasteiger partial charge in [-0.05, 0) is 37.2 Å². The summed E-state index contributed by atoms with van der Waals surface area (Å²) in [7, 11) is 0. The summed E-state index contributed by atoms with van der Waals surface area (Å²) in [6, 6.07) is 11.4. The van der Waals surface area contributed by atoms with E-state index in [2.05, 4.69) is 49.0 Å². The van der Waals surface area contributed by atoms with E-state index in [0.717, 1.165) is 12.5 Å². The zero-order chi connectivity index (χ0) is 10.5. The van der Waals surface area contributed by atoms with Crippen molar-refractivity contribution < 1.29 is 0 Å². The summed E-state index contributed by atoms with van der Waals surface area (Å²) in [4.78, 5) is 0. The summed E-state index contributed by atoms with van der Waals surface area (Å²) in [6.07, 6.45) is 6.27. The van der Waals surface area contributed by atoms with Crippen molar-refractivity contribution in [2.24, 2.45) is 5.92 Å². The molecule has 81 valence electrons. The van der Waals surface area contributed by atoms with E-state index in [1.54, 1.807) is 0 Å². The van der Waals surface area contributed by atoms with Crippen LogP contribution in [0.3, 0.4) is 0 Å². The lowest BCUT2D eigenvalue weighted by Gasteiger charge is -2.29. The molecule has 1 radical (unpaired) electrons. The minimum absolute atomic E-state index is 0.704. The van der Waals surface area contributed by atoms with Crippen LogP contribution in [-0.2, 0) is 6.54 Å². The van der Waals surface area contributed by atoms with Gasteiger partial charge < -0.3 is 5.32 Å². The summed E-state index contributed by atoms with van der Waals surface area (Å²) in [5.41, 5.74) is 1.39. The van der Waals surface area contributed by atoms with E-state index in [0.29, 0.717) is 6.04 Å². The third-order valence-corrected chi connectivity index (χ3v) is 3.32. The van der Waals surface area contributed by atoms with Crippen molar-refractivity contribution in [1.82, 2.24) is 5.32 Å². The smallest absolute Gasteiger partial charge is 0.0208 e. The normalized spacial score (nSPS) is 26.5. The molecular weight excluding hydrogens is 182 g/mol. The molecule has 0 bridgehead atoms. The van der Waals surface area contributed by atoms with Crippen LogP contribution in [0.2, 0.25) is 0 Å². The summed E-state index contributed by atoms with van der Waals surface area (Å²) in [6.45, 7) is 3.36. The Morgan fingerprint density at radius 3 is 2.80 bits per heavy atom. The molecule has 0 aromatic heterocycles. The van der Waals surface area contributed by atoms with Crippen molar-refractivity contribution in [3.8, 4) is 0 Å². The molecule has 2 atom stereocenters. The lowest BCUT2D eigenvalue weighted by Crippen LogP contribution is -2.36. The number of nitrogens with one attached hydrogen (secondary N) is 1. The Morgan fingerprint density at radius 2 is 2.07 bits per heavy atom. The average molecular weight is 202 g/mol. The molecule has 1 nitrogen and oxygen atoms in total. The van der Waals surface area contributed by atoms with Gasteiger partial charge in [0, 0.05) is 12.6 Å². The van der Waals surface area contributed by atoms with E-state index < -0.39 is 0 Å². The standard InChI is InChI=1S/C14H20N/c1-12-7-5-6-10-14(12)15-11-13-8-3-2-4-9-13/h2-5,8-9,12,14-15H,6-7,10-11H2,1H3. The Labute approximate surface area is 92.9 Å². The lowest BCUT2D eigenvalue weighted by molar-refractivity contribution is 0.316. The van der Waals surface area contributed by atoms with Crippen LogP contribution in [-0.4, -0.2) is 6.04 Å². The fourth-order valence-corrected chi connectivity index (χ4v) is 2.27. The highest BCUT2D eigenvalue weighted by molar-refractivity contribution is 5.14. The highest BCUT2D eigenvalue weighted by atomic mass is 14.9. The van der Waals surface area contributed by atoms with Crippen molar-refractivity contribution >= 4 is 0 Å². The highest BCUT2D eigenvalue weighted by Crippen LogP contribution is 2.23. The van der Waals surface area contributed by atoms with Crippen LogP contribution in [0.4, 0.5) is 0 Å². The van der Waals surface area contributed by atoms with Gasteiger partial charge in [-0.25, -0.2) is 0 Å². The molecule has 15 heavy (non-hydrogen) atoms. The molecular formula is C14H20N. The van der Waals surface area contributed by atoms with Crippen LogP contribution in [0.25, 0.3) is 0 Å². The zero-order valence-electron chi connectivity index (χ0n) is 9.45. The van der Waals surface area contributed by atoms with Crippen molar-refractivity contribution in [3.05, 3.63) is 42.3 Å². The van der Waals surface area contributed by atoms with E-state index in [1.807, 2.05) is 0 Å². The molecule has 0 aliphatic heterocycles. The van der Waals surface area contributed by atoms with E-state index >= 15 is 0 Å². The molecule has 2 rings (SSSR count). The molecule has 0 saturated heterocycles. The maximum atomic E-state index is 3.67. The molecule has 1 aromatic carbocycles. The van der Waals surface area contributed by atoms with Crippen molar-refractivity contribution in [2.75, 3.05) is 0 Å². The summed E-state index contributed by atoms with van der Waals surface area (Å²) in [5, 5.41) is 3.67. The summed E-state index contributed by atoms with van der Waals surface area (Å²) < 4.78 is 0. The molecule has 0 heterocycles. The van der Waals surface area contributed by atoms with Gasteiger partial charge in [-0.2, -0.15) is 0 Å². The highest BCUT2D eigenvalue weighted by Gasteiger charge is 2.20. The fourth-order valence-electron chi connectivity index (χ4n) is 2.27. The van der Waals surface area contributed by atoms with Crippen LogP contribution >= 0.6 is 0 Å². The second kappa shape index (κ2) is 5.32. The van der Waals surface area contributed by atoms with Crippen molar-refractivity contribution in [2.45, 2.75) is 38.8 Å². The molecule has 1 saturated carbocycles. The first kappa shape index (κ1) is 10.7. The van der Waals surface area contributed by atoms with E-state index in [1.165, 1.54) is 24.8 Å². The van der Waals surface area contributed by atoms with Crippen molar-refractivity contribution in [1.29, 1.82) is 0 Å². The zero-order valence-corrected chi connectivity index (χ0v) is 9.45. The molecule has 1 heteroatoms. The third kappa shape index (κ3) is 3.07. The Balaban J connectivity index is 1.82. The Morgan fingerprint density at radius 1 is 1.27 bits per heavy atom. The largest absolute Gasteiger partial charge is 0.310 e. The van der Waals surface area contributed by atoms with Crippen LogP contribution < -0.4 is 5.32 Å². The maximum absolute atomic E-state index is 3.67. The molecule has 1 fully saturated rings. The van der Waals surface area contributed by atoms with Crippen LogP contribution in [0.1, 0.15) is 31.7 Å². The first-order chi connectivity index (χ1) is 7.36. The Bertz CT molecular complexity index is 281. The van der Waals surface area contributed by atoms with Gasteiger partial charge in [0.1, 0.15) is 0 Å².